The quantitative estimate of drug-likeness (QED) is 0.258. The average Bonchev–Trinajstić information content (AvgIpc) is 2.68. The molecule has 3 aromatic carbocycles. The van der Waals surface area contributed by atoms with E-state index in [-0.39, 0.29) is 73.8 Å². The Morgan fingerprint density at radius 2 is 1.47 bits per heavy atom. The number of fused-ring (bicyclic) bond motifs is 2. The SMILES string of the molecule is Cc1ccc(Nc2ccc(O)c3c2C(=O)c2ccccc2C3=O)cc1S(=O)(=O)O.[Na]. The number of phenols is 1. The van der Waals surface area contributed by atoms with Gasteiger partial charge in [0.25, 0.3) is 10.1 Å². The van der Waals surface area contributed by atoms with Crippen molar-refractivity contribution in [3.8, 4) is 5.75 Å². The van der Waals surface area contributed by atoms with Gasteiger partial charge in [-0.2, -0.15) is 8.42 Å². The fraction of sp³-hybridized carbons (Fsp3) is 0.0476. The molecule has 3 N–H and O–H groups in total. The van der Waals surface area contributed by atoms with Gasteiger partial charge in [0.2, 0.25) is 0 Å². The van der Waals surface area contributed by atoms with Crippen molar-refractivity contribution in [2.24, 2.45) is 0 Å². The van der Waals surface area contributed by atoms with E-state index in [4.69, 9.17) is 0 Å². The van der Waals surface area contributed by atoms with Crippen LogP contribution in [0.15, 0.2) is 59.5 Å². The summed E-state index contributed by atoms with van der Waals surface area (Å²) < 4.78 is 32.5. The maximum Gasteiger partial charge on any atom is 0.294 e. The molecule has 0 unspecified atom stereocenters. The van der Waals surface area contributed by atoms with E-state index < -0.39 is 21.7 Å². The minimum absolute atomic E-state index is 0. The molecule has 7 nitrogen and oxygen atoms in total. The predicted octanol–water partition coefficient (Wildman–Crippen LogP) is 3.09. The van der Waals surface area contributed by atoms with Gasteiger partial charge in [0.15, 0.2) is 11.6 Å². The van der Waals surface area contributed by atoms with Crippen molar-refractivity contribution in [1.29, 1.82) is 0 Å². The van der Waals surface area contributed by atoms with Crippen LogP contribution in [0.3, 0.4) is 0 Å². The van der Waals surface area contributed by atoms with E-state index in [2.05, 4.69) is 5.32 Å². The third-order valence-corrected chi connectivity index (χ3v) is 5.79. The maximum absolute atomic E-state index is 13.1. The zero-order chi connectivity index (χ0) is 20.9. The number of carbonyl (C=O) groups is 2. The number of aromatic hydroxyl groups is 1. The van der Waals surface area contributed by atoms with E-state index in [0.717, 1.165) is 0 Å². The summed E-state index contributed by atoms with van der Waals surface area (Å²) in [5.74, 6) is -1.23. The topological polar surface area (TPSA) is 121 Å². The molecular weight excluding hydrogens is 417 g/mol. The number of hydrogen-bond donors (Lipinski definition) is 3. The first-order valence-corrected chi connectivity index (χ1v) is 10.0. The summed E-state index contributed by atoms with van der Waals surface area (Å²) in [6.07, 6.45) is 0. The first-order chi connectivity index (χ1) is 13.7. The number of anilines is 2. The molecule has 0 aliphatic heterocycles. The molecule has 30 heavy (non-hydrogen) atoms. The molecule has 0 saturated heterocycles. The summed E-state index contributed by atoms with van der Waals surface area (Å²) in [6.45, 7) is 1.54. The largest absolute Gasteiger partial charge is 0.507 e. The summed E-state index contributed by atoms with van der Waals surface area (Å²) in [5, 5.41) is 13.2. The molecule has 1 aliphatic carbocycles. The van der Waals surface area contributed by atoms with Crippen LogP contribution in [0.5, 0.6) is 5.75 Å². The number of nitrogens with one attached hydrogen (secondary N) is 1. The fourth-order valence-corrected chi connectivity index (χ4v) is 4.17. The molecule has 147 valence electrons. The van der Waals surface area contributed by atoms with Crippen LogP contribution < -0.4 is 5.32 Å². The molecule has 0 aromatic heterocycles. The molecule has 0 fully saturated rings. The van der Waals surface area contributed by atoms with Crippen LogP contribution in [0, 0.1) is 6.92 Å². The Hall–Kier alpha value is -2.49. The van der Waals surface area contributed by atoms with Gasteiger partial charge in [-0.15, -0.1) is 0 Å². The minimum atomic E-state index is -4.43. The first-order valence-electron chi connectivity index (χ1n) is 8.58. The summed E-state index contributed by atoms with van der Waals surface area (Å²) in [5.41, 5.74) is 1.20. The third-order valence-electron chi connectivity index (χ3n) is 4.80. The van der Waals surface area contributed by atoms with Gasteiger partial charge in [-0.3, -0.25) is 14.1 Å². The van der Waals surface area contributed by atoms with Gasteiger partial charge in [0, 0.05) is 46.4 Å². The number of benzene rings is 3. The normalized spacial score (nSPS) is 12.6. The van der Waals surface area contributed by atoms with Crippen molar-refractivity contribution in [2.75, 3.05) is 5.32 Å². The van der Waals surface area contributed by atoms with E-state index in [1.807, 2.05) is 0 Å². The molecule has 0 bridgehead atoms. The van der Waals surface area contributed by atoms with Crippen LogP contribution in [0.2, 0.25) is 0 Å². The van der Waals surface area contributed by atoms with E-state index in [9.17, 15) is 27.7 Å². The summed E-state index contributed by atoms with van der Waals surface area (Å²) in [6, 6.07) is 13.4. The average molecular weight is 432 g/mol. The molecule has 4 rings (SSSR count). The van der Waals surface area contributed by atoms with Crippen LogP contribution in [0.1, 0.15) is 37.4 Å². The number of hydrogen-bond acceptors (Lipinski definition) is 6. The molecule has 0 spiro atoms. The van der Waals surface area contributed by atoms with Gasteiger partial charge in [0.05, 0.1) is 21.7 Å². The van der Waals surface area contributed by atoms with Gasteiger partial charge in [-0.05, 0) is 36.8 Å². The summed E-state index contributed by atoms with van der Waals surface area (Å²) >= 11 is 0. The molecule has 1 aliphatic rings. The Bertz CT molecular complexity index is 1320. The van der Waals surface area contributed by atoms with E-state index in [0.29, 0.717) is 5.56 Å². The van der Waals surface area contributed by atoms with E-state index >= 15 is 0 Å². The van der Waals surface area contributed by atoms with Crippen LogP contribution in [0.4, 0.5) is 11.4 Å². The Morgan fingerprint density at radius 1 is 0.867 bits per heavy atom. The standard InChI is InChI=1S/C21H15NO6S.Na/c1-11-6-7-12(10-17(11)29(26,27)28)22-15-8-9-16(23)19-18(15)20(24)13-4-2-3-5-14(13)21(19)25;/h2-10,22-23H,1H3,(H,26,27,28);. The van der Waals surface area contributed by atoms with Gasteiger partial charge < -0.3 is 10.4 Å². The number of aryl methyl sites for hydroxylation is 1. The van der Waals surface area contributed by atoms with Crippen molar-refractivity contribution < 1.29 is 27.7 Å². The Morgan fingerprint density at radius 3 is 2.07 bits per heavy atom. The van der Waals surface area contributed by atoms with Crippen LogP contribution in [-0.4, -0.2) is 59.2 Å². The molecule has 1 radical (unpaired) electrons. The molecule has 3 aromatic rings. The second kappa shape index (κ2) is 7.98. The second-order valence-corrected chi connectivity index (χ2v) is 8.06. The zero-order valence-electron chi connectivity index (χ0n) is 16.1. The van der Waals surface area contributed by atoms with Crippen molar-refractivity contribution >= 4 is 62.6 Å². The Labute approximate surface area is 194 Å². The Kier molecular flexibility index (Phi) is 5.90. The summed E-state index contributed by atoms with van der Waals surface area (Å²) in [4.78, 5) is 25.6. The second-order valence-electron chi connectivity index (χ2n) is 6.67. The minimum Gasteiger partial charge on any atom is -0.507 e. The molecule has 0 atom stereocenters. The monoisotopic (exact) mass is 432 g/mol. The van der Waals surface area contributed by atoms with Gasteiger partial charge in [-0.25, -0.2) is 0 Å². The van der Waals surface area contributed by atoms with Gasteiger partial charge >= 0.3 is 0 Å². The molecule has 0 amide bonds. The zero-order valence-corrected chi connectivity index (χ0v) is 18.9. The third kappa shape index (κ3) is 3.68. The fourth-order valence-electron chi connectivity index (χ4n) is 3.42. The van der Waals surface area contributed by atoms with Crippen molar-refractivity contribution in [3.05, 3.63) is 82.4 Å². The number of rotatable bonds is 3. The van der Waals surface area contributed by atoms with Crippen molar-refractivity contribution in [1.82, 2.24) is 0 Å². The van der Waals surface area contributed by atoms with Crippen LogP contribution in [-0.2, 0) is 10.1 Å². The predicted molar refractivity (Wildman–Crippen MR) is 111 cm³/mol. The molecular formula is C21H15NNaO6S. The van der Waals surface area contributed by atoms with E-state index in [1.165, 1.54) is 43.3 Å². The smallest absolute Gasteiger partial charge is 0.294 e. The molecule has 0 heterocycles. The number of ketones is 2. The van der Waals surface area contributed by atoms with Crippen molar-refractivity contribution in [2.45, 2.75) is 11.8 Å². The maximum atomic E-state index is 13.1. The Balaban J connectivity index is 0.00000256. The molecule has 0 saturated carbocycles. The summed E-state index contributed by atoms with van der Waals surface area (Å²) in [7, 11) is -4.43. The first kappa shape index (κ1) is 22.2. The number of carbonyl (C=O) groups excluding carboxylic acids is 2. The molecule has 9 heteroatoms. The van der Waals surface area contributed by atoms with Gasteiger partial charge in [0.1, 0.15) is 5.75 Å². The van der Waals surface area contributed by atoms with Gasteiger partial charge in [-0.1, -0.05) is 30.3 Å². The van der Waals surface area contributed by atoms with E-state index in [1.54, 1.807) is 18.2 Å². The van der Waals surface area contributed by atoms with Crippen molar-refractivity contribution in [3.63, 3.8) is 0 Å². The number of phenolic OH excluding ortho intramolecular Hbond substituents is 1. The van der Waals surface area contributed by atoms with Crippen LogP contribution in [0.25, 0.3) is 0 Å². The van der Waals surface area contributed by atoms with Crippen LogP contribution >= 0.6 is 0 Å².